The van der Waals surface area contributed by atoms with Gasteiger partial charge in [-0.25, -0.2) is 8.42 Å². The highest BCUT2D eigenvalue weighted by atomic mass is 32.2. The molecule has 2 atom stereocenters. The number of furan rings is 1. The average Bonchev–Trinajstić information content (AvgIpc) is 2.92. The first-order valence-corrected chi connectivity index (χ1v) is 8.64. The van der Waals surface area contributed by atoms with Crippen LogP contribution in [0.1, 0.15) is 30.3 Å². The summed E-state index contributed by atoms with van der Waals surface area (Å²) in [5.74, 6) is 0.979. The lowest BCUT2D eigenvalue weighted by Crippen LogP contribution is -2.09. The van der Waals surface area contributed by atoms with E-state index >= 15 is 0 Å². The Labute approximate surface area is 118 Å². The maximum Gasteiger partial charge on any atom is 0.150 e. The normalized spacial score (nSPS) is 23.2. The Morgan fingerprint density at radius 3 is 2.90 bits per heavy atom. The lowest BCUT2D eigenvalue weighted by Gasteiger charge is -2.11. The predicted octanol–water partition coefficient (Wildman–Crippen LogP) is 2.60. The smallest absolute Gasteiger partial charge is 0.150 e. The van der Waals surface area contributed by atoms with Crippen molar-refractivity contribution in [2.45, 2.75) is 25.9 Å². The van der Waals surface area contributed by atoms with Crippen LogP contribution in [-0.4, -0.2) is 25.0 Å². The molecule has 20 heavy (non-hydrogen) atoms. The molecule has 5 heteroatoms. The van der Waals surface area contributed by atoms with Crippen molar-refractivity contribution in [2.24, 2.45) is 5.92 Å². The highest BCUT2D eigenvalue weighted by Crippen LogP contribution is 2.32. The monoisotopic (exact) mass is 294 g/mol. The average molecular weight is 294 g/mol. The lowest BCUT2D eigenvalue weighted by atomic mass is 10.00. The lowest BCUT2D eigenvalue weighted by molar-refractivity contribution is 0.126. The summed E-state index contributed by atoms with van der Waals surface area (Å²) in [6.07, 6.45) is 0.345. The fourth-order valence-electron chi connectivity index (χ4n) is 2.84. The van der Waals surface area contributed by atoms with Gasteiger partial charge in [-0.3, -0.25) is 0 Å². The quantitative estimate of drug-likeness (QED) is 0.945. The van der Waals surface area contributed by atoms with Crippen LogP contribution in [-0.2, 0) is 9.84 Å². The Kier molecular flexibility index (Phi) is 3.34. The van der Waals surface area contributed by atoms with Gasteiger partial charge in [0.05, 0.1) is 11.5 Å². The van der Waals surface area contributed by atoms with Crippen molar-refractivity contribution in [1.82, 2.24) is 0 Å². The third-order valence-electron chi connectivity index (χ3n) is 3.90. The number of rotatable bonds is 3. The fraction of sp³-hybridized carbons (Fsp3) is 0.467. The molecule has 2 unspecified atom stereocenters. The molecule has 1 fully saturated rings. The topological polar surface area (TPSA) is 67.5 Å². The van der Waals surface area contributed by atoms with E-state index in [0.717, 1.165) is 16.5 Å². The third kappa shape index (κ3) is 2.74. The van der Waals surface area contributed by atoms with Gasteiger partial charge in [-0.2, -0.15) is 0 Å². The molecule has 2 heterocycles. The first-order valence-electron chi connectivity index (χ1n) is 6.81. The standard InChI is InChI=1S/C15H18O4S/c1-10-2-3-14-12(6-10)8-15(19-14)13(16)7-11-4-5-20(17,18)9-11/h2-3,6,8,11,13,16H,4-5,7,9H2,1H3. The second-order valence-corrected chi connectivity index (χ2v) is 7.94. The summed E-state index contributed by atoms with van der Waals surface area (Å²) >= 11 is 0. The highest BCUT2D eigenvalue weighted by molar-refractivity contribution is 7.91. The first kappa shape index (κ1) is 13.6. The molecule has 1 aliphatic heterocycles. The molecule has 4 nitrogen and oxygen atoms in total. The van der Waals surface area contributed by atoms with E-state index in [1.807, 2.05) is 31.2 Å². The predicted molar refractivity (Wildman–Crippen MR) is 77.3 cm³/mol. The Hall–Kier alpha value is -1.33. The summed E-state index contributed by atoms with van der Waals surface area (Å²) < 4.78 is 28.5. The third-order valence-corrected chi connectivity index (χ3v) is 5.74. The van der Waals surface area contributed by atoms with Crippen LogP contribution >= 0.6 is 0 Å². The molecule has 1 saturated heterocycles. The number of hydrogen-bond acceptors (Lipinski definition) is 4. The summed E-state index contributed by atoms with van der Waals surface area (Å²) in [5, 5.41) is 11.2. The molecule has 0 radical (unpaired) electrons. The van der Waals surface area contributed by atoms with E-state index in [-0.39, 0.29) is 17.4 Å². The Balaban J connectivity index is 1.77. The number of aliphatic hydroxyl groups is 1. The summed E-state index contributed by atoms with van der Waals surface area (Å²) in [5.41, 5.74) is 1.89. The SMILES string of the molecule is Cc1ccc2oc(C(O)CC3CCS(=O)(=O)C3)cc2c1. The van der Waals surface area contributed by atoms with Crippen molar-refractivity contribution in [3.63, 3.8) is 0 Å². The van der Waals surface area contributed by atoms with Crippen LogP contribution in [0.3, 0.4) is 0 Å². The molecule has 1 aromatic carbocycles. The van der Waals surface area contributed by atoms with E-state index < -0.39 is 15.9 Å². The number of sulfone groups is 1. The van der Waals surface area contributed by atoms with Gasteiger partial charge in [0, 0.05) is 5.39 Å². The summed E-state index contributed by atoms with van der Waals surface area (Å²) in [6.45, 7) is 2.01. The van der Waals surface area contributed by atoms with E-state index in [1.165, 1.54) is 0 Å². The van der Waals surface area contributed by atoms with E-state index in [4.69, 9.17) is 4.42 Å². The van der Waals surface area contributed by atoms with Gasteiger partial charge in [-0.05, 0) is 43.9 Å². The van der Waals surface area contributed by atoms with E-state index in [1.54, 1.807) is 0 Å². The summed E-state index contributed by atoms with van der Waals surface area (Å²) in [6, 6.07) is 7.71. The molecule has 108 valence electrons. The fourth-order valence-corrected chi connectivity index (χ4v) is 4.72. The molecule has 3 rings (SSSR count). The van der Waals surface area contributed by atoms with Crippen LogP contribution in [0.15, 0.2) is 28.7 Å². The minimum absolute atomic E-state index is 0.0324. The highest BCUT2D eigenvalue weighted by Gasteiger charge is 2.30. The number of aryl methyl sites for hydroxylation is 1. The summed E-state index contributed by atoms with van der Waals surface area (Å²) in [7, 11) is -2.90. The van der Waals surface area contributed by atoms with Gasteiger partial charge in [-0.1, -0.05) is 11.6 Å². The molecule has 0 saturated carbocycles. The van der Waals surface area contributed by atoms with Gasteiger partial charge >= 0.3 is 0 Å². The molecule has 1 aromatic heterocycles. The van der Waals surface area contributed by atoms with E-state index in [9.17, 15) is 13.5 Å². The van der Waals surface area contributed by atoms with Crippen molar-refractivity contribution >= 4 is 20.8 Å². The van der Waals surface area contributed by atoms with Crippen molar-refractivity contribution in [3.8, 4) is 0 Å². The van der Waals surface area contributed by atoms with Crippen LogP contribution < -0.4 is 0 Å². The van der Waals surface area contributed by atoms with Gasteiger partial charge in [0.2, 0.25) is 0 Å². The Morgan fingerprint density at radius 1 is 1.40 bits per heavy atom. The zero-order chi connectivity index (χ0) is 14.3. The molecule has 1 N–H and O–H groups in total. The first-order chi connectivity index (χ1) is 9.43. The van der Waals surface area contributed by atoms with Crippen LogP contribution in [0.5, 0.6) is 0 Å². The molecule has 1 aliphatic rings. The Morgan fingerprint density at radius 2 is 2.20 bits per heavy atom. The van der Waals surface area contributed by atoms with Crippen LogP contribution in [0.25, 0.3) is 11.0 Å². The van der Waals surface area contributed by atoms with Gasteiger partial charge in [0.15, 0.2) is 9.84 Å². The number of benzene rings is 1. The summed E-state index contributed by atoms with van der Waals surface area (Å²) in [4.78, 5) is 0. The van der Waals surface area contributed by atoms with Gasteiger partial charge in [-0.15, -0.1) is 0 Å². The molecule has 0 amide bonds. The van der Waals surface area contributed by atoms with Gasteiger partial charge < -0.3 is 9.52 Å². The van der Waals surface area contributed by atoms with Crippen molar-refractivity contribution in [1.29, 1.82) is 0 Å². The second-order valence-electron chi connectivity index (χ2n) is 5.71. The number of hydrogen-bond donors (Lipinski definition) is 1. The largest absolute Gasteiger partial charge is 0.458 e. The van der Waals surface area contributed by atoms with Crippen LogP contribution in [0, 0.1) is 12.8 Å². The van der Waals surface area contributed by atoms with E-state index in [0.29, 0.717) is 18.6 Å². The molecule has 0 aliphatic carbocycles. The molecule has 0 bridgehead atoms. The minimum atomic E-state index is -2.90. The van der Waals surface area contributed by atoms with Crippen LogP contribution in [0.2, 0.25) is 0 Å². The minimum Gasteiger partial charge on any atom is -0.458 e. The van der Waals surface area contributed by atoms with Crippen LogP contribution in [0.4, 0.5) is 0 Å². The van der Waals surface area contributed by atoms with Gasteiger partial charge in [0.1, 0.15) is 17.4 Å². The zero-order valence-corrected chi connectivity index (χ0v) is 12.2. The molecular formula is C15H18O4S. The molecule has 0 spiro atoms. The maximum atomic E-state index is 11.4. The Bertz CT molecular complexity index is 729. The second kappa shape index (κ2) is 4.90. The number of fused-ring (bicyclic) bond motifs is 1. The van der Waals surface area contributed by atoms with Crippen molar-refractivity contribution in [3.05, 3.63) is 35.6 Å². The van der Waals surface area contributed by atoms with Gasteiger partial charge in [0.25, 0.3) is 0 Å². The van der Waals surface area contributed by atoms with E-state index in [2.05, 4.69) is 0 Å². The number of aliphatic hydroxyl groups excluding tert-OH is 1. The maximum absolute atomic E-state index is 11.4. The zero-order valence-electron chi connectivity index (χ0n) is 11.4. The van der Waals surface area contributed by atoms with Crippen molar-refractivity contribution in [2.75, 3.05) is 11.5 Å². The molecular weight excluding hydrogens is 276 g/mol. The van der Waals surface area contributed by atoms with Crippen molar-refractivity contribution < 1.29 is 17.9 Å². The molecule has 2 aromatic rings.